The van der Waals surface area contributed by atoms with Crippen molar-refractivity contribution in [3.63, 3.8) is 0 Å². The number of benzene rings is 2. The molecule has 0 saturated carbocycles. The summed E-state index contributed by atoms with van der Waals surface area (Å²) in [6, 6.07) is 16.8. The average Bonchev–Trinajstić information content (AvgIpc) is 2.74. The lowest BCUT2D eigenvalue weighted by Crippen LogP contribution is -2.47. The molecule has 1 fully saturated rings. The van der Waals surface area contributed by atoms with Gasteiger partial charge < -0.3 is 14.7 Å². The SMILES string of the molecule is CN(c1ccccc1)c1nncc(N2CCN(c3ccccc3F)CC2)n1. The Bertz CT molecular complexity index is 896. The molecule has 2 aromatic carbocycles. The average molecular weight is 364 g/mol. The molecule has 6 nitrogen and oxygen atoms in total. The monoisotopic (exact) mass is 364 g/mol. The predicted molar refractivity (Wildman–Crippen MR) is 105 cm³/mol. The lowest BCUT2D eigenvalue weighted by atomic mass is 10.2. The van der Waals surface area contributed by atoms with E-state index in [1.807, 2.05) is 54.4 Å². The lowest BCUT2D eigenvalue weighted by Gasteiger charge is -2.36. The van der Waals surface area contributed by atoms with Gasteiger partial charge in [0.2, 0.25) is 0 Å². The third-order valence-electron chi connectivity index (χ3n) is 4.78. The van der Waals surface area contributed by atoms with Crippen LogP contribution in [0.2, 0.25) is 0 Å². The molecule has 4 rings (SSSR count). The number of para-hydroxylation sites is 2. The molecule has 3 aromatic rings. The van der Waals surface area contributed by atoms with Gasteiger partial charge in [0.25, 0.3) is 5.95 Å². The molecule has 0 N–H and O–H groups in total. The first-order chi connectivity index (χ1) is 13.2. The minimum Gasteiger partial charge on any atom is -0.366 e. The number of piperazine rings is 1. The molecule has 0 amide bonds. The Morgan fingerprint density at radius 1 is 0.889 bits per heavy atom. The maximum absolute atomic E-state index is 14.0. The van der Waals surface area contributed by atoms with Gasteiger partial charge in [0, 0.05) is 38.9 Å². The predicted octanol–water partition coefficient (Wildman–Crippen LogP) is 3.11. The highest BCUT2D eigenvalue weighted by atomic mass is 19.1. The normalized spacial score (nSPS) is 14.3. The molecule has 0 radical (unpaired) electrons. The zero-order chi connectivity index (χ0) is 18.6. The van der Waals surface area contributed by atoms with E-state index >= 15 is 0 Å². The Morgan fingerprint density at radius 2 is 1.56 bits per heavy atom. The van der Waals surface area contributed by atoms with Gasteiger partial charge in [-0.15, -0.1) is 5.10 Å². The summed E-state index contributed by atoms with van der Waals surface area (Å²) in [6.45, 7) is 2.96. The molecule has 0 spiro atoms. The van der Waals surface area contributed by atoms with E-state index in [1.54, 1.807) is 12.3 Å². The number of hydrogen-bond acceptors (Lipinski definition) is 6. The van der Waals surface area contributed by atoms with Crippen molar-refractivity contribution in [1.29, 1.82) is 0 Å². The first kappa shape index (κ1) is 17.2. The Labute approximate surface area is 157 Å². The molecule has 27 heavy (non-hydrogen) atoms. The Hall–Kier alpha value is -3.22. The zero-order valence-electron chi connectivity index (χ0n) is 15.2. The third kappa shape index (κ3) is 3.67. The molecule has 0 unspecified atom stereocenters. The van der Waals surface area contributed by atoms with Crippen molar-refractivity contribution in [2.45, 2.75) is 0 Å². The highest BCUT2D eigenvalue weighted by Gasteiger charge is 2.21. The number of rotatable bonds is 4. The van der Waals surface area contributed by atoms with Crippen molar-refractivity contribution in [2.75, 3.05) is 47.9 Å². The van der Waals surface area contributed by atoms with Crippen LogP contribution in [-0.2, 0) is 0 Å². The summed E-state index contributed by atoms with van der Waals surface area (Å²) in [7, 11) is 1.92. The lowest BCUT2D eigenvalue weighted by molar-refractivity contribution is 0.595. The van der Waals surface area contributed by atoms with Crippen molar-refractivity contribution in [3.8, 4) is 0 Å². The zero-order valence-corrected chi connectivity index (χ0v) is 15.2. The van der Waals surface area contributed by atoms with Gasteiger partial charge in [-0.05, 0) is 24.3 Å². The molecule has 1 aromatic heterocycles. The fourth-order valence-corrected chi connectivity index (χ4v) is 3.23. The minimum absolute atomic E-state index is 0.179. The second-order valence-electron chi connectivity index (χ2n) is 6.43. The molecule has 2 heterocycles. The van der Waals surface area contributed by atoms with E-state index in [9.17, 15) is 4.39 Å². The number of aromatic nitrogens is 3. The van der Waals surface area contributed by atoms with Gasteiger partial charge in [-0.2, -0.15) is 10.1 Å². The van der Waals surface area contributed by atoms with Gasteiger partial charge in [-0.1, -0.05) is 30.3 Å². The van der Waals surface area contributed by atoms with Crippen LogP contribution in [0, 0.1) is 5.82 Å². The summed E-state index contributed by atoms with van der Waals surface area (Å²) in [5.74, 6) is 1.16. The van der Waals surface area contributed by atoms with E-state index in [0.29, 0.717) is 11.6 Å². The van der Waals surface area contributed by atoms with Crippen molar-refractivity contribution in [2.24, 2.45) is 0 Å². The van der Waals surface area contributed by atoms with E-state index in [-0.39, 0.29) is 5.82 Å². The van der Waals surface area contributed by atoms with Crippen molar-refractivity contribution in [3.05, 3.63) is 66.6 Å². The first-order valence-electron chi connectivity index (χ1n) is 8.95. The number of halogens is 1. The van der Waals surface area contributed by atoms with Gasteiger partial charge in [0.1, 0.15) is 5.82 Å². The van der Waals surface area contributed by atoms with E-state index in [0.717, 1.165) is 37.7 Å². The van der Waals surface area contributed by atoms with Crippen LogP contribution in [0.15, 0.2) is 60.8 Å². The van der Waals surface area contributed by atoms with E-state index in [2.05, 4.69) is 25.0 Å². The largest absolute Gasteiger partial charge is 0.366 e. The standard InChI is InChI=1S/C20H21FN6/c1-25(16-7-3-2-4-8-16)20-23-19(15-22-24-20)27-13-11-26(12-14-27)18-10-6-5-9-17(18)21/h2-10,15H,11-14H2,1H3. The van der Waals surface area contributed by atoms with Crippen LogP contribution in [0.25, 0.3) is 0 Å². The number of hydrogen-bond donors (Lipinski definition) is 0. The van der Waals surface area contributed by atoms with Gasteiger partial charge >= 0.3 is 0 Å². The summed E-state index contributed by atoms with van der Waals surface area (Å²) in [5, 5.41) is 8.29. The van der Waals surface area contributed by atoms with Crippen LogP contribution in [-0.4, -0.2) is 48.4 Å². The molecular weight excluding hydrogens is 343 g/mol. The molecule has 0 atom stereocenters. The highest BCUT2D eigenvalue weighted by molar-refractivity contribution is 5.57. The van der Waals surface area contributed by atoms with Crippen LogP contribution in [0.1, 0.15) is 0 Å². The maximum Gasteiger partial charge on any atom is 0.251 e. The van der Waals surface area contributed by atoms with Crippen molar-refractivity contribution in [1.82, 2.24) is 15.2 Å². The van der Waals surface area contributed by atoms with Crippen LogP contribution >= 0.6 is 0 Å². The molecule has 138 valence electrons. The topological polar surface area (TPSA) is 48.4 Å². The molecule has 0 bridgehead atoms. The quantitative estimate of drug-likeness (QED) is 0.709. The van der Waals surface area contributed by atoms with Gasteiger partial charge in [-0.25, -0.2) is 4.39 Å². The van der Waals surface area contributed by atoms with Crippen molar-refractivity contribution >= 4 is 23.1 Å². The second kappa shape index (κ2) is 7.57. The summed E-state index contributed by atoms with van der Waals surface area (Å²) in [6.07, 6.45) is 1.68. The Kier molecular flexibility index (Phi) is 4.82. The number of nitrogens with zero attached hydrogens (tertiary/aromatic N) is 6. The first-order valence-corrected chi connectivity index (χ1v) is 8.95. The van der Waals surface area contributed by atoms with E-state index in [4.69, 9.17) is 0 Å². The van der Waals surface area contributed by atoms with E-state index < -0.39 is 0 Å². The molecule has 0 aliphatic carbocycles. The van der Waals surface area contributed by atoms with Gasteiger partial charge in [0.05, 0.1) is 11.9 Å². The highest BCUT2D eigenvalue weighted by Crippen LogP contribution is 2.24. The Morgan fingerprint density at radius 3 is 2.30 bits per heavy atom. The molecule has 7 heteroatoms. The van der Waals surface area contributed by atoms with E-state index in [1.165, 1.54) is 6.07 Å². The summed E-state index contributed by atoms with van der Waals surface area (Å²) in [4.78, 5) is 10.8. The second-order valence-corrected chi connectivity index (χ2v) is 6.43. The molecule has 1 saturated heterocycles. The van der Waals surface area contributed by atoms with Crippen molar-refractivity contribution < 1.29 is 4.39 Å². The summed E-state index contributed by atoms with van der Waals surface area (Å²) < 4.78 is 14.0. The Balaban J connectivity index is 1.47. The molecule has 1 aliphatic heterocycles. The fourth-order valence-electron chi connectivity index (χ4n) is 3.23. The third-order valence-corrected chi connectivity index (χ3v) is 4.78. The number of anilines is 4. The maximum atomic E-state index is 14.0. The van der Waals surface area contributed by atoms with Crippen LogP contribution in [0.5, 0.6) is 0 Å². The minimum atomic E-state index is -0.179. The smallest absolute Gasteiger partial charge is 0.251 e. The van der Waals surface area contributed by atoms with Crippen LogP contribution < -0.4 is 14.7 Å². The summed E-state index contributed by atoms with van der Waals surface area (Å²) >= 11 is 0. The molecule has 1 aliphatic rings. The van der Waals surface area contributed by atoms with Gasteiger partial charge in [-0.3, -0.25) is 0 Å². The van der Waals surface area contributed by atoms with Gasteiger partial charge in [0.15, 0.2) is 5.82 Å². The molecular formula is C20H21FN6. The van der Waals surface area contributed by atoms with Crippen LogP contribution in [0.4, 0.5) is 27.5 Å². The fraction of sp³-hybridized carbons (Fsp3) is 0.250. The summed E-state index contributed by atoms with van der Waals surface area (Å²) in [5.41, 5.74) is 1.66. The van der Waals surface area contributed by atoms with Crippen LogP contribution in [0.3, 0.4) is 0 Å².